The van der Waals surface area contributed by atoms with Crippen LogP contribution < -0.4 is 4.74 Å². The first-order chi connectivity index (χ1) is 6.69. The van der Waals surface area contributed by atoms with Gasteiger partial charge in [-0.2, -0.15) is 0 Å². The van der Waals surface area contributed by atoms with E-state index in [1.165, 1.54) is 7.11 Å². The Kier molecular flexibility index (Phi) is 3.45. The molecule has 4 nitrogen and oxygen atoms in total. The maximum atomic E-state index is 10.8. The fourth-order valence-corrected chi connectivity index (χ4v) is 1.25. The Morgan fingerprint density at radius 1 is 1.64 bits per heavy atom. The van der Waals surface area contributed by atoms with E-state index in [2.05, 4.69) is 4.98 Å². The smallest absolute Gasteiger partial charge is 0.312 e. The van der Waals surface area contributed by atoms with Crippen LogP contribution in [0.15, 0.2) is 18.2 Å². The fraction of sp³-hybridized carbons (Fsp3) is 0.400. The number of carboxylic acids is 1. The molecule has 0 amide bonds. The average Bonchev–Trinajstić information content (AvgIpc) is 2.19. The predicted molar refractivity (Wildman–Crippen MR) is 51.5 cm³/mol. The first-order valence-electron chi connectivity index (χ1n) is 4.42. The highest BCUT2D eigenvalue weighted by Crippen LogP contribution is 2.19. The molecule has 0 saturated heterocycles. The number of hydrogen-bond donors (Lipinski definition) is 1. The standard InChI is InChI=1S/C10H13NO3/c1-3-7(10(12)13)8-5-4-6-9(11-8)14-2/h4-7H,3H2,1-2H3,(H,12,13). The number of rotatable bonds is 4. The van der Waals surface area contributed by atoms with Gasteiger partial charge in [-0.3, -0.25) is 4.79 Å². The number of hydrogen-bond acceptors (Lipinski definition) is 3. The SMILES string of the molecule is CCC(C(=O)O)c1cccc(OC)n1. The summed E-state index contributed by atoms with van der Waals surface area (Å²) in [6.07, 6.45) is 0.523. The molecule has 4 heteroatoms. The molecule has 1 unspecified atom stereocenters. The van der Waals surface area contributed by atoms with E-state index in [4.69, 9.17) is 9.84 Å². The molecule has 1 rings (SSSR count). The molecule has 0 aliphatic carbocycles. The quantitative estimate of drug-likeness (QED) is 0.793. The van der Waals surface area contributed by atoms with Crippen LogP contribution in [-0.2, 0) is 4.79 Å². The van der Waals surface area contributed by atoms with Crippen LogP contribution in [0.5, 0.6) is 5.88 Å². The highest BCUT2D eigenvalue weighted by Gasteiger charge is 2.19. The molecular formula is C10H13NO3. The summed E-state index contributed by atoms with van der Waals surface area (Å²) in [6, 6.07) is 5.13. The molecule has 76 valence electrons. The maximum absolute atomic E-state index is 10.8. The molecule has 14 heavy (non-hydrogen) atoms. The largest absolute Gasteiger partial charge is 0.481 e. The van der Waals surface area contributed by atoms with Gasteiger partial charge in [0.15, 0.2) is 0 Å². The normalized spacial score (nSPS) is 12.1. The second-order valence-electron chi connectivity index (χ2n) is 2.90. The summed E-state index contributed by atoms with van der Waals surface area (Å²) in [5.41, 5.74) is 0.541. The van der Waals surface area contributed by atoms with Crippen molar-refractivity contribution in [2.24, 2.45) is 0 Å². The Labute approximate surface area is 82.5 Å². The van der Waals surface area contributed by atoms with Gasteiger partial charge in [0.05, 0.1) is 18.7 Å². The average molecular weight is 195 g/mol. The summed E-state index contributed by atoms with van der Waals surface area (Å²) >= 11 is 0. The first-order valence-corrected chi connectivity index (χ1v) is 4.42. The molecule has 1 aromatic rings. The number of aromatic nitrogens is 1. The van der Waals surface area contributed by atoms with E-state index >= 15 is 0 Å². The second-order valence-corrected chi connectivity index (χ2v) is 2.90. The molecule has 1 N–H and O–H groups in total. The van der Waals surface area contributed by atoms with E-state index in [0.717, 1.165) is 0 Å². The number of pyridine rings is 1. The van der Waals surface area contributed by atoms with Gasteiger partial charge >= 0.3 is 5.97 Å². The van der Waals surface area contributed by atoms with Crippen molar-refractivity contribution in [3.05, 3.63) is 23.9 Å². The second kappa shape index (κ2) is 4.60. The third-order valence-corrected chi connectivity index (χ3v) is 2.02. The van der Waals surface area contributed by atoms with Crippen molar-refractivity contribution in [2.45, 2.75) is 19.3 Å². The zero-order valence-corrected chi connectivity index (χ0v) is 8.23. The van der Waals surface area contributed by atoms with E-state index in [0.29, 0.717) is 18.0 Å². The highest BCUT2D eigenvalue weighted by atomic mass is 16.5. The summed E-state index contributed by atoms with van der Waals surface area (Å²) in [4.78, 5) is 14.9. The lowest BCUT2D eigenvalue weighted by atomic mass is 10.0. The fourth-order valence-electron chi connectivity index (χ4n) is 1.25. The topological polar surface area (TPSA) is 59.4 Å². The molecule has 0 spiro atoms. The Morgan fingerprint density at radius 3 is 2.86 bits per heavy atom. The van der Waals surface area contributed by atoms with Gasteiger partial charge in [0.2, 0.25) is 5.88 Å². The number of carbonyl (C=O) groups is 1. The van der Waals surface area contributed by atoms with Crippen LogP contribution in [0.1, 0.15) is 25.0 Å². The summed E-state index contributed by atoms with van der Waals surface area (Å²) in [6.45, 7) is 1.82. The molecule has 1 atom stereocenters. The monoisotopic (exact) mass is 195 g/mol. The number of carboxylic acid groups (broad SMARTS) is 1. The van der Waals surface area contributed by atoms with Crippen LogP contribution in [0.25, 0.3) is 0 Å². The van der Waals surface area contributed by atoms with Crippen molar-refractivity contribution in [1.82, 2.24) is 4.98 Å². The third kappa shape index (κ3) is 2.22. The molecule has 0 saturated carbocycles. The molecular weight excluding hydrogens is 182 g/mol. The molecule has 0 fully saturated rings. The maximum Gasteiger partial charge on any atom is 0.312 e. The molecule has 1 heterocycles. The van der Waals surface area contributed by atoms with E-state index in [-0.39, 0.29) is 0 Å². The van der Waals surface area contributed by atoms with Crippen molar-refractivity contribution < 1.29 is 14.6 Å². The van der Waals surface area contributed by atoms with Crippen molar-refractivity contribution in [1.29, 1.82) is 0 Å². The van der Waals surface area contributed by atoms with E-state index in [9.17, 15) is 4.79 Å². The first kappa shape index (κ1) is 10.5. The number of aliphatic carboxylic acids is 1. The summed E-state index contributed by atoms with van der Waals surface area (Å²) in [5.74, 6) is -0.958. The Bertz CT molecular complexity index is 325. The number of ether oxygens (including phenoxy) is 1. The molecule has 0 bridgehead atoms. The lowest BCUT2D eigenvalue weighted by molar-refractivity contribution is -0.138. The van der Waals surface area contributed by atoms with Gasteiger partial charge in [0, 0.05) is 6.07 Å². The number of methoxy groups -OCH3 is 1. The van der Waals surface area contributed by atoms with E-state index in [1.807, 2.05) is 6.92 Å². The van der Waals surface area contributed by atoms with Gasteiger partial charge in [0.25, 0.3) is 0 Å². The van der Waals surface area contributed by atoms with Crippen molar-refractivity contribution in [2.75, 3.05) is 7.11 Å². The zero-order valence-electron chi connectivity index (χ0n) is 8.23. The highest BCUT2D eigenvalue weighted by molar-refractivity contribution is 5.75. The molecule has 0 aromatic carbocycles. The predicted octanol–water partition coefficient (Wildman–Crippen LogP) is 1.67. The lowest BCUT2D eigenvalue weighted by Crippen LogP contribution is -2.12. The van der Waals surface area contributed by atoms with Crippen molar-refractivity contribution in [3.63, 3.8) is 0 Å². The molecule has 0 aliphatic rings. The number of nitrogens with zero attached hydrogens (tertiary/aromatic N) is 1. The van der Waals surface area contributed by atoms with Crippen LogP contribution in [0.2, 0.25) is 0 Å². The Hall–Kier alpha value is -1.58. The van der Waals surface area contributed by atoms with Gasteiger partial charge in [-0.25, -0.2) is 4.98 Å². The zero-order chi connectivity index (χ0) is 10.6. The van der Waals surface area contributed by atoms with Crippen molar-refractivity contribution >= 4 is 5.97 Å². The van der Waals surface area contributed by atoms with Gasteiger partial charge < -0.3 is 9.84 Å². The summed E-state index contributed by atoms with van der Waals surface area (Å²) in [7, 11) is 1.51. The van der Waals surface area contributed by atoms with Crippen molar-refractivity contribution in [3.8, 4) is 5.88 Å². The van der Waals surface area contributed by atoms with E-state index < -0.39 is 11.9 Å². The minimum Gasteiger partial charge on any atom is -0.481 e. The minimum atomic E-state index is -0.853. The van der Waals surface area contributed by atoms with Crippen LogP contribution in [0.4, 0.5) is 0 Å². The van der Waals surface area contributed by atoms with Crippen LogP contribution in [-0.4, -0.2) is 23.2 Å². The Balaban J connectivity index is 2.98. The molecule has 1 aromatic heterocycles. The summed E-state index contributed by atoms with van der Waals surface area (Å²) in [5, 5.41) is 8.91. The van der Waals surface area contributed by atoms with Crippen LogP contribution >= 0.6 is 0 Å². The van der Waals surface area contributed by atoms with Gasteiger partial charge in [0.1, 0.15) is 0 Å². The molecule has 0 radical (unpaired) electrons. The Morgan fingerprint density at radius 2 is 2.36 bits per heavy atom. The van der Waals surface area contributed by atoms with Crippen LogP contribution in [0.3, 0.4) is 0 Å². The third-order valence-electron chi connectivity index (χ3n) is 2.02. The van der Waals surface area contributed by atoms with Gasteiger partial charge in [-0.15, -0.1) is 0 Å². The molecule has 0 aliphatic heterocycles. The van der Waals surface area contributed by atoms with E-state index in [1.54, 1.807) is 18.2 Å². The van der Waals surface area contributed by atoms with Gasteiger partial charge in [-0.05, 0) is 12.5 Å². The lowest BCUT2D eigenvalue weighted by Gasteiger charge is -2.09. The van der Waals surface area contributed by atoms with Crippen LogP contribution in [0, 0.1) is 0 Å². The van der Waals surface area contributed by atoms with Gasteiger partial charge in [-0.1, -0.05) is 13.0 Å². The minimum absolute atomic E-state index is 0.446. The summed E-state index contributed by atoms with van der Waals surface area (Å²) < 4.78 is 4.93.